The lowest BCUT2D eigenvalue weighted by molar-refractivity contribution is 1.17. The Morgan fingerprint density at radius 2 is 0.857 bits per heavy atom. The fourth-order valence-corrected chi connectivity index (χ4v) is 7.31. The molecule has 0 spiro atoms. The lowest BCUT2D eigenvalue weighted by Crippen LogP contribution is -1.97. The molecule has 1 aliphatic rings. The molecule has 0 N–H and O–H groups in total. The molecule has 42 heavy (non-hydrogen) atoms. The maximum Gasteiger partial charge on any atom is 0.0572 e. The van der Waals surface area contributed by atoms with Crippen molar-refractivity contribution >= 4 is 54.4 Å². The number of pyridine rings is 2. The molecule has 0 saturated carbocycles. The lowest BCUT2D eigenvalue weighted by Gasteiger charge is -2.14. The van der Waals surface area contributed by atoms with E-state index in [-0.39, 0.29) is 0 Å². The number of nitrogens with zero attached hydrogens (tertiary/aromatic N) is 4. The van der Waals surface area contributed by atoms with E-state index in [0.29, 0.717) is 0 Å². The zero-order valence-corrected chi connectivity index (χ0v) is 22.5. The predicted octanol–water partition coefficient (Wildman–Crippen LogP) is 9.47. The van der Waals surface area contributed by atoms with E-state index in [1.54, 1.807) is 0 Å². The van der Waals surface area contributed by atoms with E-state index < -0.39 is 0 Å². The summed E-state index contributed by atoms with van der Waals surface area (Å²) in [6, 6.07) is 39.9. The molecule has 4 nitrogen and oxygen atoms in total. The van der Waals surface area contributed by atoms with Gasteiger partial charge in [-0.05, 0) is 81.6 Å². The lowest BCUT2D eigenvalue weighted by atomic mass is 10.0. The maximum absolute atomic E-state index is 4.44. The Morgan fingerprint density at radius 3 is 1.38 bits per heavy atom. The Bertz CT molecular complexity index is 2300. The number of para-hydroxylation sites is 2. The van der Waals surface area contributed by atoms with Crippen LogP contribution in [0.3, 0.4) is 0 Å². The molecule has 4 heteroatoms. The summed E-state index contributed by atoms with van der Waals surface area (Å²) in [7, 11) is 0. The third-order valence-electron chi connectivity index (χ3n) is 8.99. The van der Waals surface area contributed by atoms with Crippen LogP contribution < -0.4 is 0 Å². The maximum atomic E-state index is 4.44. The van der Waals surface area contributed by atoms with Crippen LogP contribution in [-0.4, -0.2) is 19.1 Å². The van der Waals surface area contributed by atoms with Crippen LogP contribution in [0.15, 0.2) is 134 Å². The first-order valence-electron chi connectivity index (χ1n) is 14.2. The van der Waals surface area contributed by atoms with Crippen LogP contribution in [-0.2, 0) is 0 Å². The van der Waals surface area contributed by atoms with Crippen molar-refractivity contribution in [3.63, 3.8) is 0 Å². The van der Waals surface area contributed by atoms with Crippen molar-refractivity contribution in [3.8, 4) is 33.6 Å². The molecule has 194 valence electrons. The molecule has 4 aromatic heterocycles. The van der Waals surface area contributed by atoms with Crippen molar-refractivity contribution < 1.29 is 0 Å². The second kappa shape index (κ2) is 7.93. The summed E-state index contributed by atoms with van der Waals surface area (Å²) in [5.41, 5.74) is 12.1. The average Bonchev–Trinajstić information content (AvgIpc) is 3.68. The van der Waals surface area contributed by atoms with E-state index >= 15 is 0 Å². The summed E-state index contributed by atoms with van der Waals surface area (Å²) >= 11 is 0. The number of rotatable bonds is 2. The Labute approximate surface area is 240 Å². The first-order valence-corrected chi connectivity index (χ1v) is 14.2. The highest BCUT2D eigenvalue weighted by Gasteiger charge is 2.25. The van der Waals surface area contributed by atoms with E-state index in [4.69, 9.17) is 0 Å². The van der Waals surface area contributed by atoms with Gasteiger partial charge in [0.25, 0.3) is 0 Å². The van der Waals surface area contributed by atoms with Crippen LogP contribution in [0.5, 0.6) is 0 Å². The van der Waals surface area contributed by atoms with Gasteiger partial charge in [-0.2, -0.15) is 0 Å². The fraction of sp³-hybridized carbons (Fsp3) is 0. The van der Waals surface area contributed by atoms with E-state index in [9.17, 15) is 0 Å². The molecule has 0 atom stereocenters. The van der Waals surface area contributed by atoms with Crippen molar-refractivity contribution in [1.82, 2.24) is 19.1 Å². The van der Waals surface area contributed by atoms with Gasteiger partial charge in [0.15, 0.2) is 0 Å². The van der Waals surface area contributed by atoms with Crippen molar-refractivity contribution in [2.24, 2.45) is 0 Å². The summed E-state index contributed by atoms with van der Waals surface area (Å²) in [5.74, 6) is 0. The molecule has 4 heterocycles. The van der Waals surface area contributed by atoms with Crippen LogP contribution in [0.1, 0.15) is 0 Å². The second-order valence-corrected chi connectivity index (χ2v) is 11.1. The number of aromatic nitrogens is 4. The van der Waals surface area contributed by atoms with Crippen LogP contribution in [0.2, 0.25) is 0 Å². The number of hydrogen-bond acceptors (Lipinski definition) is 2. The summed E-state index contributed by atoms with van der Waals surface area (Å²) in [4.78, 5) is 8.88. The minimum atomic E-state index is 1.11. The number of fused-ring (bicyclic) bond motifs is 9. The molecule has 0 radical (unpaired) electrons. The zero-order chi connectivity index (χ0) is 27.4. The van der Waals surface area contributed by atoms with E-state index in [1.165, 1.54) is 60.5 Å². The fourth-order valence-electron chi connectivity index (χ4n) is 7.31. The predicted molar refractivity (Wildman–Crippen MR) is 173 cm³/mol. The van der Waals surface area contributed by atoms with Gasteiger partial charge in [0.2, 0.25) is 0 Å². The molecule has 0 saturated heterocycles. The SMILES string of the molecule is c1ccc2c(c1)-c1cc(-n3c4ccccc4c4ccccc43)cc3cc(-n4c5ccncc5c5cnccc54)cc-2c13. The Balaban J connectivity index is 1.35. The minimum absolute atomic E-state index is 1.11. The monoisotopic (exact) mass is 534 g/mol. The average molecular weight is 535 g/mol. The third-order valence-corrected chi connectivity index (χ3v) is 8.99. The van der Waals surface area contributed by atoms with E-state index in [1.807, 2.05) is 24.8 Å². The summed E-state index contributed by atoms with van der Waals surface area (Å²) in [5, 5.41) is 7.30. The highest BCUT2D eigenvalue weighted by Crippen LogP contribution is 2.50. The molecule has 0 unspecified atom stereocenters. The molecule has 9 aromatic rings. The third kappa shape index (κ3) is 2.76. The van der Waals surface area contributed by atoms with Gasteiger partial charge in [-0.3, -0.25) is 9.97 Å². The molecule has 0 fully saturated rings. The smallest absolute Gasteiger partial charge is 0.0572 e. The highest BCUT2D eigenvalue weighted by atomic mass is 15.0. The van der Waals surface area contributed by atoms with Gasteiger partial charge in [0.05, 0.1) is 22.1 Å². The van der Waals surface area contributed by atoms with Crippen LogP contribution in [0, 0.1) is 0 Å². The molecule has 5 aromatic carbocycles. The van der Waals surface area contributed by atoms with E-state index in [0.717, 1.165) is 27.5 Å². The Hall–Kier alpha value is -5.74. The standard InChI is InChI=1S/C38H22N4/c1-2-8-27-26(7-1)30-19-24(41-34-11-5-3-9-28(34)29-10-4-6-12-35(29)41)17-23-18-25(20-31(27)38(23)30)42-36-13-15-39-21-32(36)33-22-40-16-14-37(33)42/h1-22H. The van der Waals surface area contributed by atoms with Gasteiger partial charge in [-0.25, -0.2) is 0 Å². The number of hydrogen-bond donors (Lipinski definition) is 0. The van der Waals surface area contributed by atoms with Gasteiger partial charge in [0.1, 0.15) is 0 Å². The molecule has 0 amide bonds. The van der Waals surface area contributed by atoms with Crippen molar-refractivity contribution in [1.29, 1.82) is 0 Å². The van der Waals surface area contributed by atoms with E-state index in [2.05, 4.69) is 128 Å². The molecular weight excluding hydrogens is 512 g/mol. The Morgan fingerprint density at radius 1 is 0.405 bits per heavy atom. The zero-order valence-electron chi connectivity index (χ0n) is 22.5. The highest BCUT2D eigenvalue weighted by molar-refractivity contribution is 6.18. The first kappa shape index (κ1) is 22.0. The van der Waals surface area contributed by atoms with Gasteiger partial charge in [-0.15, -0.1) is 0 Å². The van der Waals surface area contributed by atoms with Gasteiger partial charge < -0.3 is 9.13 Å². The molecule has 10 rings (SSSR count). The summed E-state index contributed by atoms with van der Waals surface area (Å²) in [6.07, 6.45) is 7.64. The topological polar surface area (TPSA) is 35.6 Å². The van der Waals surface area contributed by atoms with Crippen LogP contribution in [0.4, 0.5) is 0 Å². The second-order valence-electron chi connectivity index (χ2n) is 11.1. The van der Waals surface area contributed by atoms with Gasteiger partial charge in [0, 0.05) is 57.7 Å². The summed E-state index contributed by atoms with van der Waals surface area (Å²) < 4.78 is 4.78. The van der Waals surface area contributed by atoms with Crippen LogP contribution >= 0.6 is 0 Å². The summed E-state index contributed by atoms with van der Waals surface area (Å²) in [6.45, 7) is 0. The molecule has 0 bridgehead atoms. The quantitative estimate of drug-likeness (QED) is 0.221. The van der Waals surface area contributed by atoms with Crippen molar-refractivity contribution in [2.45, 2.75) is 0 Å². The largest absolute Gasteiger partial charge is 0.309 e. The molecular formula is C38H22N4. The first-order chi connectivity index (χ1) is 20.8. The van der Waals surface area contributed by atoms with Gasteiger partial charge >= 0.3 is 0 Å². The van der Waals surface area contributed by atoms with Gasteiger partial charge in [-0.1, -0.05) is 60.7 Å². The van der Waals surface area contributed by atoms with Crippen LogP contribution in [0.25, 0.3) is 88.0 Å². The molecule has 0 aliphatic heterocycles. The minimum Gasteiger partial charge on any atom is -0.309 e. The Kier molecular flexibility index (Phi) is 4.15. The normalized spacial score (nSPS) is 12.3. The van der Waals surface area contributed by atoms with Crippen molar-refractivity contribution in [2.75, 3.05) is 0 Å². The molecule has 1 aliphatic carbocycles. The van der Waals surface area contributed by atoms with Crippen molar-refractivity contribution in [3.05, 3.63) is 134 Å². The number of benzene rings is 5.